The van der Waals surface area contributed by atoms with Crippen molar-refractivity contribution in [1.29, 1.82) is 0 Å². The van der Waals surface area contributed by atoms with Gasteiger partial charge in [0.15, 0.2) is 0 Å². The van der Waals surface area contributed by atoms with Crippen LogP contribution in [0.25, 0.3) is 0 Å². The summed E-state index contributed by atoms with van der Waals surface area (Å²) in [5.41, 5.74) is 0. The van der Waals surface area contributed by atoms with Crippen LogP contribution in [0.3, 0.4) is 0 Å². The summed E-state index contributed by atoms with van der Waals surface area (Å²) in [7, 11) is 0. The Morgan fingerprint density at radius 3 is 1.87 bits per heavy atom. The van der Waals surface area contributed by atoms with E-state index < -0.39 is 0 Å². The summed E-state index contributed by atoms with van der Waals surface area (Å²) >= 11 is 0. The van der Waals surface area contributed by atoms with Gasteiger partial charge in [-0.05, 0) is 24.2 Å². The van der Waals surface area contributed by atoms with Crippen molar-refractivity contribution >= 4 is 0 Å². The number of unbranched alkanes of at least 4 members (excludes halogenated alkanes) is 2. The smallest absolute Gasteiger partial charge is 0.0414 e. The van der Waals surface area contributed by atoms with E-state index in [0.29, 0.717) is 0 Å². The normalized spacial score (nSPS) is 15.6. The van der Waals surface area contributed by atoms with Gasteiger partial charge < -0.3 is 0 Å². The molecule has 0 spiro atoms. The number of rotatable bonds is 9. The van der Waals surface area contributed by atoms with Gasteiger partial charge in [0, 0.05) is 0 Å². The molecule has 2 unspecified atom stereocenters. The van der Waals surface area contributed by atoms with E-state index in [1.54, 1.807) is 0 Å². The zero-order chi connectivity index (χ0) is 11.7. The Hall–Kier alpha value is 0. The van der Waals surface area contributed by atoms with E-state index in [1.807, 2.05) is 0 Å². The fraction of sp³-hybridized carbons (Fsp3) is 1.00. The first kappa shape index (κ1) is 15.0. The monoisotopic (exact) mass is 212 g/mol. The van der Waals surface area contributed by atoms with Crippen LogP contribution in [-0.4, -0.2) is 0 Å². The van der Waals surface area contributed by atoms with E-state index in [9.17, 15) is 0 Å². The molecule has 0 aliphatic rings. The molecule has 0 radical (unpaired) electrons. The molecule has 0 bridgehead atoms. The Morgan fingerprint density at radius 1 is 0.800 bits per heavy atom. The summed E-state index contributed by atoms with van der Waals surface area (Å²) in [6.07, 6.45) is 9.82. The summed E-state index contributed by atoms with van der Waals surface area (Å²) in [5.74, 6) is 2.82. The fourth-order valence-electron chi connectivity index (χ4n) is 2.38. The molecule has 0 rings (SSSR count). The van der Waals surface area contributed by atoms with Gasteiger partial charge in [0.25, 0.3) is 0 Å². The maximum absolute atomic E-state index is 2.45. The lowest BCUT2D eigenvalue weighted by molar-refractivity contribution is 0.276. The topological polar surface area (TPSA) is 0 Å². The maximum Gasteiger partial charge on any atom is -0.0414 e. The van der Waals surface area contributed by atoms with Crippen molar-refractivity contribution in [3.63, 3.8) is 0 Å². The third-order valence-electron chi connectivity index (χ3n) is 4.09. The van der Waals surface area contributed by atoms with Crippen LogP contribution in [0.15, 0.2) is 0 Å². The van der Waals surface area contributed by atoms with Crippen LogP contribution < -0.4 is 0 Å². The highest BCUT2D eigenvalue weighted by atomic mass is 14.2. The number of hydrogen-bond acceptors (Lipinski definition) is 0. The quantitative estimate of drug-likeness (QED) is 0.432. The van der Waals surface area contributed by atoms with Gasteiger partial charge in [0.1, 0.15) is 0 Å². The van der Waals surface area contributed by atoms with Crippen LogP contribution in [0.2, 0.25) is 0 Å². The van der Waals surface area contributed by atoms with Crippen molar-refractivity contribution in [2.75, 3.05) is 0 Å². The zero-order valence-electron chi connectivity index (χ0n) is 11.7. The van der Waals surface area contributed by atoms with Gasteiger partial charge in [-0.25, -0.2) is 0 Å². The Balaban J connectivity index is 3.71. The lowest BCUT2D eigenvalue weighted by Gasteiger charge is -2.24. The SMILES string of the molecule is CCCCCC(C)C(C)CC(CC)CC. The molecule has 15 heavy (non-hydrogen) atoms. The predicted molar refractivity (Wildman–Crippen MR) is 71.2 cm³/mol. The van der Waals surface area contributed by atoms with E-state index in [-0.39, 0.29) is 0 Å². The van der Waals surface area contributed by atoms with Gasteiger partial charge in [-0.1, -0.05) is 73.1 Å². The molecule has 0 aromatic rings. The molecule has 0 aliphatic heterocycles. The fourth-order valence-corrected chi connectivity index (χ4v) is 2.38. The molecule has 0 heteroatoms. The van der Waals surface area contributed by atoms with Gasteiger partial charge in [0.2, 0.25) is 0 Å². The molecule has 0 aromatic carbocycles. The molecule has 0 nitrogen and oxygen atoms in total. The van der Waals surface area contributed by atoms with Gasteiger partial charge >= 0.3 is 0 Å². The minimum absolute atomic E-state index is 0.923. The van der Waals surface area contributed by atoms with E-state index in [4.69, 9.17) is 0 Å². The predicted octanol–water partition coefficient (Wildman–Crippen LogP) is 5.67. The second-order valence-corrected chi connectivity index (χ2v) is 5.37. The Bertz CT molecular complexity index is 124. The van der Waals surface area contributed by atoms with Crippen molar-refractivity contribution in [2.45, 2.75) is 79.6 Å². The zero-order valence-corrected chi connectivity index (χ0v) is 11.7. The van der Waals surface area contributed by atoms with Crippen LogP contribution in [0.4, 0.5) is 0 Å². The first-order chi connectivity index (χ1) is 7.15. The largest absolute Gasteiger partial charge is 0.0654 e. The van der Waals surface area contributed by atoms with E-state index >= 15 is 0 Å². The molecule has 92 valence electrons. The lowest BCUT2D eigenvalue weighted by atomic mass is 9.82. The maximum atomic E-state index is 2.45. The summed E-state index contributed by atoms with van der Waals surface area (Å²) < 4.78 is 0. The van der Waals surface area contributed by atoms with Crippen LogP contribution in [0.1, 0.15) is 79.6 Å². The minimum Gasteiger partial charge on any atom is -0.0654 e. The molecule has 0 heterocycles. The third-order valence-corrected chi connectivity index (χ3v) is 4.09. The van der Waals surface area contributed by atoms with Crippen LogP contribution in [0, 0.1) is 17.8 Å². The number of hydrogen-bond donors (Lipinski definition) is 0. The first-order valence-electron chi connectivity index (χ1n) is 7.15. The summed E-state index contributed by atoms with van der Waals surface area (Å²) in [5, 5.41) is 0. The Kier molecular flexibility index (Phi) is 9.24. The van der Waals surface area contributed by atoms with Crippen molar-refractivity contribution in [3.05, 3.63) is 0 Å². The van der Waals surface area contributed by atoms with Gasteiger partial charge in [-0.3, -0.25) is 0 Å². The molecule has 0 saturated heterocycles. The lowest BCUT2D eigenvalue weighted by Crippen LogP contribution is -2.12. The van der Waals surface area contributed by atoms with Crippen molar-refractivity contribution in [1.82, 2.24) is 0 Å². The average Bonchev–Trinajstić information content (AvgIpc) is 2.25. The molecule has 0 amide bonds. The summed E-state index contributed by atoms with van der Waals surface area (Å²) in [6, 6.07) is 0. The molecule has 0 saturated carbocycles. The third kappa shape index (κ3) is 6.98. The highest BCUT2D eigenvalue weighted by Crippen LogP contribution is 2.27. The highest BCUT2D eigenvalue weighted by molar-refractivity contribution is 4.66. The molecule has 0 fully saturated rings. The second-order valence-electron chi connectivity index (χ2n) is 5.37. The first-order valence-corrected chi connectivity index (χ1v) is 7.15. The van der Waals surface area contributed by atoms with E-state index in [2.05, 4.69) is 34.6 Å². The molecule has 0 aromatic heterocycles. The van der Waals surface area contributed by atoms with Crippen molar-refractivity contribution < 1.29 is 0 Å². The van der Waals surface area contributed by atoms with Crippen molar-refractivity contribution in [2.24, 2.45) is 17.8 Å². The van der Waals surface area contributed by atoms with E-state index in [0.717, 1.165) is 17.8 Å². The van der Waals surface area contributed by atoms with E-state index in [1.165, 1.54) is 44.9 Å². The van der Waals surface area contributed by atoms with Crippen molar-refractivity contribution in [3.8, 4) is 0 Å². The van der Waals surface area contributed by atoms with Crippen LogP contribution in [0.5, 0.6) is 0 Å². The van der Waals surface area contributed by atoms with Crippen LogP contribution >= 0.6 is 0 Å². The summed E-state index contributed by atoms with van der Waals surface area (Å²) in [4.78, 5) is 0. The summed E-state index contributed by atoms with van der Waals surface area (Å²) in [6.45, 7) is 11.9. The standard InChI is InChI=1S/C15H32/c1-6-9-10-11-13(4)14(5)12-15(7-2)8-3/h13-15H,6-12H2,1-5H3. The minimum atomic E-state index is 0.923. The van der Waals surface area contributed by atoms with Crippen LogP contribution in [-0.2, 0) is 0 Å². The molecule has 0 aliphatic carbocycles. The van der Waals surface area contributed by atoms with Gasteiger partial charge in [-0.15, -0.1) is 0 Å². The molecular formula is C15H32. The highest BCUT2D eigenvalue weighted by Gasteiger charge is 2.15. The molecule has 2 atom stereocenters. The molecule has 0 N–H and O–H groups in total. The van der Waals surface area contributed by atoms with Gasteiger partial charge in [0.05, 0.1) is 0 Å². The Morgan fingerprint density at radius 2 is 1.40 bits per heavy atom. The molecular weight excluding hydrogens is 180 g/mol. The second kappa shape index (κ2) is 9.24. The van der Waals surface area contributed by atoms with Gasteiger partial charge in [-0.2, -0.15) is 0 Å². The Labute approximate surface area is 97.8 Å². The average molecular weight is 212 g/mol.